The number of nitrogens with zero attached hydrogens (tertiary/aromatic N) is 2. The summed E-state index contributed by atoms with van der Waals surface area (Å²) in [5, 5.41) is 7.61. The van der Waals surface area contributed by atoms with Gasteiger partial charge < -0.3 is 9.15 Å². The molecule has 0 spiro atoms. The van der Waals surface area contributed by atoms with Crippen LogP contribution in [0.4, 0.5) is 0 Å². The Bertz CT molecular complexity index is 252. The largest absolute Gasteiger partial charge is 0.424 e. The standard InChI is InChI=1S/C8H13ClN2O2/c1-6(5-12-2)3-7-10-11-8(4-9)13-7/h6H,3-5H2,1-2H3. The van der Waals surface area contributed by atoms with Gasteiger partial charge in [-0.25, -0.2) is 0 Å². The van der Waals surface area contributed by atoms with E-state index in [1.165, 1.54) is 0 Å². The molecular weight excluding hydrogens is 192 g/mol. The van der Waals surface area contributed by atoms with Gasteiger partial charge in [-0.1, -0.05) is 6.92 Å². The molecule has 0 aliphatic rings. The van der Waals surface area contributed by atoms with Crippen molar-refractivity contribution in [1.82, 2.24) is 10.2 Å². The van der Waals surface area contributed by atoms with E-state index < -0.39 is 0 Å². The van der Waals surface area contributed by atoms with Crippen molar-refractivity contribution in [2.24, 2.45) is 5.92 Å². The summed E-state index contributed by atoms with van der Waals surface area (Å²) < 4.78 is 10.2. The van der Waals surface area contributed by atoms with Crippen LogP contribution in [0.25, 0.3) is 0 Å². The Hall–Kier alpha value is -0.610. The van der Waals surface area contributed by atoms with Gasteiger partial charge in [-0.15, -0.1) is 21.8 Å². The molecule has 0 aromatic carbocycles. The van der Waals surface area contributed by atoms with Crippen LogP contribution in [0.3, 0.4) is 0 Å². The minimum atomic E-state index is 0.270. The zero-order valence-corrected chi connectivity index (χ0v) is 8.54. The van der Waals surface area contributed by atoms with E-state index in [1.54, 1.807) is 7.11 Å². The van der Waals surface area contributed by atoms with Gasteiger partial charge in [0.25, 0.3) is 0 Å². The van der Waals surface area contributed by atoms with Crippen LogP contribution in [0.1, 0.15) is 18.7 Å². The number of rotatable bonds is 5. The van der Waals surface area contributed by atoms with Gasteiger partial charge in [0.05, 0.1) is 0 Å². The smallest absolute Gasteiger partial charge is 0.231 e. The number of methoxy groups -OCH3 is 1. The Labute approximate surface area is 82.2 Å². The van der Waals surface area contributed by atoms with Crippen LogP contribution in [0.5, 0.6) is 0 Å². The number of hydrogen-bond acceptors (Lipinski definition) is 4. The van der Waals surface area contributed by atoms with Crippen LogP contribution in [0.15, 0.2) is 4.42 Å². The van der Waals surface area contributed by atoms with Crippen LogP contribution in [0.2, 0.25) is 0 Å². The maximum absolute atomic E-state index is 5.52. The average molecular weight is 205 g/mol. The molecule has 1 rings (SSSR count). The molecular formula is C8H13ClN2O2. The summed E-state index contributed by atoms with van der Waals surface area (Å²) in [5.74, 6) is 1.75. The second-order valence-electron chi connectivity index (χ2n) is 2.99. The first-order valence-corrected chi connectivity index (χ1v) is 4.66. The molecule has 13 heavy (non-hydrogen) atoms. The quantitative estimate of drug-likeness (QED) is 0.685. The Morgan fingerprint density at radius 2 is 2.15 bits per heavy atom. The van der Waals surface area contributed by atoms with Gasteiger partial charge >= 0.3 is 0 Å². The van der Waals surface area contributed by atoms with Gasteiger partial charge in [0, 0.05) is 20.1 Å². The van der Waals surface area contributed by atoms with Crippen LogP contribution in [-0.2, 0) is 17.0 Å². The fourth-order valence-corrected chi connectivity index (χ4v) is 1.17. The molecule has 0 saturated carbocycles. The van der Waals surface area contributed by atoms with E-state index in [0.29, 0.717) is 24.3 Å². The number of alkyl halides is 1. The van der Waals surface area contributed by atoms with E-state index in [9.17, 15) is 0 Å². The van der Waals surface area contributed by atoms with E-state index >= 15 is 0 Å². The lowest BCUT2D eigenvalue weighted by Gasteiger charge is -2.05. The van der Waals surface area contributed by atoms with E-state index in [0.717, 1.165) is 6.42 Å². The predicted octanol–water partition coefficient (Wildman–Crippen LogP) is 1.63. The van der Waals surface area contributed by atoms with Gasteiger partial charge in [-0.2, -0.15) is 0 Å². The zero-order valence-electron chi connectivity index (χ0n) is 7.79. The topological polar surface area (TPSA) is 48.2 Å². The van der Waals surface area contributed by atoms with Gasteiger partial charge in [0.15, 0.2) is 0 Å². The van der Waals surface area contributed by atoms with E-state index in [2.05, 4.69) is 17.1 Å². The number of aromatic nitrogens is 2. The van der Waals surface area contributed by atoms with Crippen molar-refractivity contribution in [3.8, 4) is 0 Å². The maximum Gasteiger partial charge on any atom is 0.231 e. The van der Waals surface area contributed by atoms with E-state index in [1.807, 2.05) is 0 Å². The molecule has 1 atom stereocenters. The number of halogens is 1. The molecule has 5 heteroatoms. The first-order valence-electron chi connectivity index (χ1n) is 4.12. The SMILES string of the molecule is COCC(C)Cc1nnc(CCl)o1. The normalized spacial score (nSPS) is 13.2. The highest BCUT2D eigenvalue weighted by Crippen LogP contribution is 2.08. The highest BCUT2D eigenvalue weighted by atomic mass is 35.5. The van der Waals surface area contributed by atoms with Crippen LogP contribution < -0.4 is 0 Å². The Morgan fingerprint density at radius 1 is 1.46 bits per heavy atom. The van der Waals surface area contributed by atoms with Crippen LogP contribution in [-0.4, -0.2) is 23.9 Å². The highest BCUT2D eigenvalue weighted by Gasteiger charge is 2.09. The Kier molecular flexibility index (Phi) is 4.18. The molecule has 74 valence electrons. The molecule has 0 bridgehead atoms. The van der Waals surface area contributed by atoms with Crippen molar-refractivity contribution in [2.45, 2.75) is 19.2 Å². The average Bonchev–Trinajstić information content (AvgIpc) is 2.52. The molecule has 0 amide bonds. The van der Waals surface area contributed by atoms with E-state index in [4.69, 9.17) is 20.8 Å². The van der Waals surface area contributed by atoms with Gasteiger partial charge in [-0.05, 0) is 5.92 Å². The van der Waals surface area contributed by atoms with Gasteiger partial charge in [0.1, 0.15) is 5.88 Å². The molecule has 0 N–H and O–H groups in total. The molecule has 0 aliphatic carbocycles. The second kappa shape index (κ2) is 5.19. The van der Waals surface area contributed by atoms with E-state index in [-0.39, 0.29) is 5.88 Å². The zero-order chi connectivity index (χ0) is 9.68. The monoisotopic (exact) mass is 204 g/mol. The summed E-state index contributed by atoms with van der Waals surface area (Å²) in [5.41, 5.74) is 0. The summed E-state index contributed by atoms with van der Waals surface area (Å²) in [6, 6.07) is 0. The third-order valence-corrected chi connectivity index (χ3v) is 1.83. The van der Waals surface area contributed by atoms with Crippen molar-refractivity contribution in [3.63, 3.8) is 0 Å². The molecule has 0 saturated heterocycles. The van der Waals surface area contributed by atoms with Crippen molar-refractivity contribution < 1.29 is 9.15 Å². The molecule has 1 aromatic rings. The van der Waals surface area contributed by atoms with Crippen molar-refractivity contribution in [2.75, 3.05) is 13.7 Å². The molecule has 1 heterocycles. The molecule has 1 aromatic heterocycles. The summed E-state index contributed by atoms with van der Waals surface area (Å²) in [6.07, 6.45) is 0.734. The molecule has 4 nitrogen and oxygen atoms in total. The minimum absolute atomic E-state index is 0.270. The van der Waals surface area contributed by atoms with Gasteiger partial charge in [-0.3, -0.25) is 0 Å². The number of ether oxygens (including phenoxy) is 1. The Morgan fingerprint density at radius 3 is 2.69 bits per heavy atom. The summed E-state index contributed by atoms with van der Waals surface area (Å²) in [4.78, 5) is 0. The van der Waals surface area contributed by atoms with Gasteiger partial charge in [0.2, 0.25) is 11.8 Å². The first-order chi connectivity index (χ1) is 6.26. The minimum Gasteiger partial charge on any atom is -0.424 e. The third-order valence-electron chi connectivity index (χ3n) is 1.60. The fourth-order valence-electron chi connectivity index (χ4n) is 1.07. The molecule has 0 fully saturated rings. The first kappa shape index (κ1) is 10.5. The lowest BCUT2D eigenvalue weighted by Crippen LogP contribution is -2.07. The van der Waals surface area contributed by atoms with Crippen LogP contribution in [0, 0.1) is 5.92 Å². The van der Waals surface area contributed by atoms with Crippen molar-refractivity contribution >= 4 is 11.6 Å². The fraction of sp³-hybridized carbons (Fsp3) is 0.750. The highest BCUT2D eigenvalue weighted by molar-refractivity contribution is 6.16. The molecule has 0 radical (unpaired) electrons. The lowest BCUT2D eigenvalue weighted by atomic mass is 10.1. The predicted molar refractivity (Wildman–Crippen MR) is 48.6 cm³/mol. The molecule has 0 aliphatic heterocycles. The number of hydrogen-bond donors (Lipinski definition) is 0. The lowest BCUT2D eigenvalue weighted by molar-refractivity contribution is 0.156. The summed E-state index contributed by atoms with van der Waals surface area (Å²) in [7, 11) is 1.68. The van der Waals surface area contributed by atoms with Crippen LogP contribution >= 0.6 is 11.6 Å². The second-order valence-corrected chi connectivity index (χ2v) is 3.26. The summed E-state index contributed by atoms with van der Waals surface area (Å²) in [6.45, 7) is 2.76. The summed E-state index contributed by atoms with van der Waals surface area (Å²) >= 11 is 5.52. The van der Waals surface area contributed by atoms with Crippen molar-refractivity contribution in [1.29, 1.82) is 0 Å². The Balaban J connectivity index is 2.44. The molecule has 1 unspecified atom stereocenters. The maximum atomic E-state index is 5.52. The van der Waals surface area contributed by atoms with Crippen molar-refractivity contribution in [3.05, 3.63) is 11.8 Å². The third kappa shape index (κ3) is 3.32.